The predicted octanol–water partition coefficient (Wildman–Crippen LogP) is 2.84. The molecule has 186 valence electrons. The first-order chi connectivity index (χ1) is 16.7. The standard InChI is InChI=1S/C26H33N5O4/c1-26(2,3)18-11-17(12-19(13-18)34-10-9-32)22(33)14-30-25(27)31-23(28-30)20-5-4-6-21(20)24(29-31)35-15-16-7-8-16/h11-13,16,27,32H,4-10,14-15H2,1-3H3. The van der Waals surface area contributed by atoms with Crippen LogP contribution in [0.3, 0.4) is 0 Å². The summed E-state index contributed by atoms with van der Waals surface area (Å²) < 4.78 is 14.6. The molecule has 5 rings (SSSR count). The minimum atomic E-state index is -0.189. The average Bonchev–Trinajstić information content (AvgIpc) is 3.43. The molecular weight excluding hydrogens is 446 g/mol. The first-order valence-corrected chi connectivity index (χ1v) is 12.4. The molecule has 2 heterocycles. The molecule has 0 saturated heterocycles. The van der Waals surface area contributed by atoms with Gasteiger partial charge in [0.15, 0.2) is 11.4 Å². The van der Waals surface area contributed by atoms with Crippen LogP contribution in [0.15, 0.2) is 18.2 Å². The number of carbonyl (C=O) groups is 1. The number of aliphatic hydroxyl groups excluding tert-OH is 1. The van der Waals surface area contributed by atoms with Crippen molar-refractivity contribution in [1.29, 1.82) is 5.41 Å². The number of nitrogens with zero attached hydrogens (tertiary/aromatic N) is 4. The van der Waals surface area contributed by atoms with Crippen molar-refractivity contribution in [2.75, 3.05) is 19.8 Å². The Hall–Kier alpha value is -3.20. The summed E-state index contributed by atoms with van der Waals surface area (Å²) >= 11 is 0. The molecule has 0 radical (unpaired) electrons. The highest BCUT2D eigenvalue weighted by Crippen LogP contribution is 2.34. The van der Waals surface area contributed by atoms with E-state index in [1.165, 1.54) is 22.0 Å². The fourth-order valence-electron chi connectivity index (χ4n) is 4.45. The summed E-state index contributed by atoms with van der Waals surface area (Å²) in [5.41, 5.74) is 4.09. The summed E-state index contributed by atoms with van der Waals surface area (Å²) in [7, 11) is 0. The molecule has 0 aliphatic heterocycles. The van der Waals surface area contributed by atoms with Crippen molar-refractivity contribution in [2.24, 2.45) is 5.92 Å². The maximum atomic E-state index is 13.3. The third kappa shape index (κ3) is 4.82. The molecule has 2 aliphatic carbocycles. The molecular formula is C26H33N5O4. The van der Waals surface area contributed by atoms with E-state index >= 15 is 0 Å². The van der Waals surface area contributed by atoms with Gasteiger partial charge in [0.1, 0.15) is 18.9 Å². The zero-order chi connectivity index (χ0) is 24.7. The highest BCUT2D eigenvalue weighted by Gasteiger charge is 2.27. The maximum Gasteiger partial charge on any atom is 0.242 e. The Kier molecular flexibility index (Phi) is 6.13. The van der Waals surface area contributed by atoms with E-state index in [4.69, 9.17) is 20.0 Å². The van der Waals surface area contributed by atoms with E-state index in [0.717, 1.165) is 36.0 Å². The van der Waals surface area contributed by atoms with Crippen LogP contribution in [-0.4, -0.2) is 50.1 Å². The van der Waals surface area contributed by atoms with Gasteiger partial charge in [0.05, 0.1) is 13.2 Å². The fourth-order valence-corrected chi connectivity index (χ4v) is 4.45. The highest BCUT2D eigenvalue weighted by atomic mass is 16.5. The number of hydrogen-bond acceptors (Lipinski definition) is 7. The second-order valence-electron chi connectivity index (χ2n) is 10.6. The topological polar surface area (TPSA) is 115 Å². The Balaban J connectivity index is 1.47. The molecule has 0 amide bonds. The number of benzene rings is 1. The lowest BCUT2D eigenvalue weighted by Crippen LogP contribution is -2.27. The van der Waals surface area contributed by atoms with E-state index in [9.17, 15) is 4.79 Å². The van der Waals surface area contributed by atoms with Gasteiger partial charge in [-0.1, -0.05) is 20.8 Å². The van der Waals surface area contributed by atoms with Gasteiger partial charge in [-0.2, -0.15) is 4.52 Å². The highest BCUT2D eigenvalue weighted by molar-refractivity contribution is 5.96. The number of fused-ring (bicyclic) bond motifs is 3. The van der Waals surface area contributed by atoms with E-state index in [1.807, 2.05) is 12.1 Å². The SMILES string of the molecule is CC(C)(C)c1cc(OCCO)cc(C(=O)Cn2nc3c4c(c(OCC5CC5)nn3c2=N)CCC4)c1. The fraction of sp³-hybridized carbons (Fsp3) is 0.538. The molecule has 35 heavy (non-hydrogen) atoms. The lowest BCUT2D eigenvalue weighted by atomic mass is 9.85. The number of nitrogens with one attached hydrogen (secondary N) is 1. The summed E-state index contributed by atoms with van der Waals surface area (Å²) in [5, 5.41) is 27.1. The van der Waals surface area contributed by atoms with E-state index in [0.29, 0.717) is 35.4 Å². The Morgan fingerprint density at radius 3 is 2.63 bits per heavy atom. The molecule has 0 spiro atoms. The van der Waals surface area contributed by atoms with Gasteiger partial charge < -0.3 is 14.6 Å². The quantitative estimate of drug-likeness (QED) is 0.456. The summed E-state index contributed by atoms with van der Waals surface area (Å²) in [6, 6.07) is 5.46. The molecule has 1 saturated carbocycles. The van der Waals surface area contributed by atoms with Crippen LogP contribution in [0.25, 0.3) is 5.65 Å². The van der Waals surface area contributed by atoms with Gasteiger partial charge in [-0.15, -0.1) is 10.2 Å². The Morgan fingerprint density at radius 1 is 1.14 bits per heavy atom. The number of hydrogen-bond donors (Lipinski definition) is 2. The second-order valence-corrected chi connectivity index (χ2v) is 10.6. The van der Waals surface area contributed by atoms with Crippen molar-refractivity contribution in [3.8, 4) is 11.6 Å². The molecule has 0 bridgehead atoms. The number of ether oxygens (including phenoxy) is 2. The normalized spacial score (nSPS) is 15.4. The first-order valence-electron chi connectivity index (χ1n) is 12.4. The van der Waals surface area contributed by atoms with Crippen LogP contribution in [0.5, 0.6) is 11.6 Å². The second kappa shape index (κ2) is 9.11. The molecule has 0 atom stereocenters. The Morgan fingerprint density at radius 2 is 1.91 bits per heavy atom. The largest absolute Gasteiger partial charge is 0.491 e. The van der Waals surface area contributed by atoms with Crippen molar-refractivity contribution < 1.29 is 19.4 Å². The van der Waals surface area contributed by atoms with Gasteiger partial charge in [0.2, 0.25) is 11.5 Å². The number of rotatable bonds is 9. The van der Waals surface area contributed by atoms with Crippen LogP contribution in [0.2, 0.25) is 0 Å². The van der Waals surface area contributed by atoms with Crippen LogP contribution in [-0.2, 0) is 24.8 Å². The smallest absolute Gasteiger partial charge is 0.242 e. The molecule has 2 aromatic heterocycles. The number of aryl methyl sites for hydroxylation is 1. The number of Topliss-reactive ketones (excluding diaryl/α,β-unsaturated/α-hetero) is 1. The van der Waals surface area contributed by atoms with E-state index in [2.05, 4.69) is 31.0 Å². The summed E-state index contributed by atoms with van der Waals surface area (Å²) in [6.07, 6.45) is 5.17. The molecule has 0 unspecified atom stereocenters. The monoisotopic (exact) mass is 479 g/mol. The van der Waals surface area contributed by atoms with Crippen molar-refractivity contribution in [2.45, 2.75) is 64.8 Å². The summed E-state index contributed by atoms with van der Waals surface area (Å²) in [5.74, 6) is 1.58. The molecule has 9 heteroatoms. The van der Waals surface area contributed by atoms with Crippen LogP contribution < -0.4 is 15.1 Å². The average molecular weight is 480 g/mol. The zero-order valence-electron chi connectivity index (χ0n) is 20.6. The van der Waals surface area contributed by atoms with Crippen LogP contribution >= 0.6 is 0 Å². The lowest BCUT2D eigenvalue weighted by Gasteiger charge is -2.21. The molecule has 3 aromatic rings. The minimum absolute atomic E-state index is 0.0445. The predicted molar refractivity (Wildman–Crippen MR) is 129 cm³/mol. The first kappa shape index (κ1) is 23.5. The van der Waals surface area contributed by atoms with E-state index < -0.39 is 0 Å². The van der Waals surface area contributed by atoms with Crippen LogP contribution in [0, 0.1) is 11.3 Å². The van der Waals surface area contributed by atoms with E-state index in [1.54, 1.807) is 6.07 Å². The molecule has 2 aliphatic rings. The number of carbonyl (C=O) groups excluding carboxylic acids is 1. The van der Waals surface area contributed by atoms with E-state index in [-0.39, 0.29) is 36.6 Å². The van der Waals surface area contributed by atoms with Gasteiger partial charge in [-0.25, -0.2) is 4.68 Å². The van der Waals surface area contributed by atoms with Gasteiger partial charge in [0.25, 0.3) is 0 Å². The lowest BCUT2D eigenvalue weighted by molar-refractivity contribution is 0.0965. The van der Waals surface area contributed by atoms with Gasteiger partial charge in [-0.3, -0.25) is 10.2 Å². The minimum Gasteiger partial charge on any atom is -0.491 e. The van der Waals surface area contributed by atoms with Crippen molar-refractivity contribution in [3.63, 3.8) is 0 Å². The Labute approximate surface area is 204 Å². The van der Waals surface area contributed by atoms with Crippen LogP contribution in [0.4, 0.5) is 0 Å². The molecule has 9 nitrogen and oxygen atoms in total. The van der Waals surface area contributed by atoms with Crippen molar-refractivity contribution >= 4 is 11.4 Å². The number of aliphatic hydroxyl groups is 1. The molecule has 1 fully saturated rings. The van der Waals surface area contributed by atoms with Crippen molar-refractivity contribution in [3.05, 3.63) is 46.1 Å². The zero-order valence-corrected chi connectivity index (χ0v) is 20.6. The number of ketones is 1. The number of aromatic nitrogens is 4. The molecule has 2 N–H and O–H groups in total. The molecule has 1 aromatic carbocycles. The van der Waals surface area contributed by atoms with Gasteiger partial charge in [-0.05, 0) is 67.2 Å². The Bertz CT molecular complexity index is 1330. The van der Waals surface area contributed by atoms with Crippen molar-refractivity contribution in [1.82, 2.24) is 19.4 Å². The maximum absolute atomic E-state index is 13.3. The third-order valence-corrected chi connectivity index (χ3v) is 6.70. The third-order valence-electron chi connectivity index (χ3n) is 6.70. The van der Waals surface area contributed by atoms with Crippen LogP contribution in [0.1, 0.15) is 67.1 Å². The van der Waals surface area contributed by atoms with Gasteiger partial charge >= 0.3 is 0 Å². The summed E-state index contributed by atoms with van der Waals surface area (Å²) in [4.78, 5) is 13.3. The van der Waals surface area contributed by atoms with Gasteiger partial charge in [0, 0.05) is 16.7 Å². The summed E-state index contributed by atoms with van der Waals surface area (Å²) in [6.45, 7) is 6.84.